The topological polar surface area (TPSA) is 129 Å². The first kappa shape index (κ1) is 12.1. The molecule has 1 aromatic heterocycles. The van der Waals surface area contributed by atoms with Crippen LogP contribution in [0.1, 0.15) is 17.3 Å². The van der Waals surface area contributed by atoms with E-state index in [-0.39, 0.29) is 5.96 Å². The van der Waals surface area contributed by atoms with Crippen LogP contribution in [0.25, 0.3) is 0 Å². The number of aliphatic imine (C=N–C) groups is 2. The highest BCUT2D eigenvalue weighted by Gasteiger charge is 2.17. The lowest BCUT2D eigenvalue weighted by Crippen LogP contribution is -2.43. The molecule has 3 rings (SSSR count). The molecule has 102 valence electrons. The van der Waals surface area contributed by atoms with Crippen molar-refractivity contribution in [1.82, 2.24) is 25.9 Å². The van der Waals surface area contributed by atoms with Crippen LogP contribution in [0.5, 0.6) is 0 Å². The van der Waals surface area contributed by atoms with Gasteiger partial charge in [-0.1, -0.05) is 34.9 Å². The van der Waals surface area contributed by atoms with Crippen LogP contribution in [0.2, 0.25) is 0 Å². The zero-order chi connectivity index (χ0) is 13.9. The molecule has 20 heavy (non-hydrogen) atoms. The van der Waals surface area contributed by atoms with Gasteiger partial charge in [-0.05, 0) is 17.7 Å². The van der Waals surface area contributed by atoms with Gasteiger partial charge in [0, 0.05) is 0 Å². The number of nitrogens with zero attached hydrogens (tertiary/aromatic N) is 5. The summed E-state index contributed by atoms with van der Waals surface area (Å²) in [6.45, 7) is 2.02. The Bertz CT molecular complexity index is 641. The van der Waals surface area contributed by atoms with E-state index in [1.807, 2.05) is 31.2 Å². The van der Waals surface area contributed by atoms with Crippen molar-refractivity contribution in [3.63, 3.8) is 0 Å². The van der Waals surface area contributed by atoms with E-state index in [0.29, 0.717) is 11.9 Å². The van der Waals surface area contributed by atoms with Gasteiger partial charge in [0.2, 0.25) is 5.96 Å². The molecule has 2 aromatic rings. The van der Waals surface area contributed by atoms with Crippen molar-refractivity contribution >= 4 is 17.9 Å². The molecular formula is C11H13N9. The second-order valence-electron chi connectivity index (χ2n) is 4.26. The molecule has 0 aliphatic carbocycles. The number of benzene rings is 1. The van der Waals surface area contributed by atoms with E-state index in [9.17, 15) is 0 Å². The molecule has 0 fully saturated rings. The number of hydrogen-bond donors (Lipinski definition) is 4. The molecule has 5 N–H and O–H groups in total. The molecule has 9 nitrogen and oxygen atoms in total. The van der Waals surface area contributed by atoms with Gasteiger partial charge in [0.15, 0.2) is 12.1 Å². The largest absolute Gasteiger partial charge is 0.370 e. The zero-order valence-corrected chi connectivity index (χ0v) is 10.7. The number of nitrogens with one attached hydrogen (secondary N) is 3. The highest BCUT2D eigenvalue weighted by atomic mass is 15.5. The Labute approximate surface area is 114 Å². The van der Waals surface area contributed by atoms with E-state index in [4.69, 9.17) is 5.73 Å². The van der Waals surface area contributed by atoms with Gasteiger partial charge in [0.05, 0.1) is 0 Å². The minimum Gasteiger partial charge on any atom is -0.370 e. The van der Waals surface area contributed by atoms with Gasteiger partial charge in [0.25, 0.3) is 5.95 Å². The van der Waals surface area contributed by atoms with Crippen LogP contribution in [-0.2, 0) is 0 Å². The van der Waals surface area contributed by atoms with Crippen LogP contribution in [-0.4, -0.2) is 32.5 Å². The van der Waals surface area contributed by atoms with Crippen molar-refractivity contribution < 1.29 is 0 Å². The Morgan fingerprint density at radius 2 is 2.00 bits per heavy atom. The number of aromatic nitrogens is 4. The van der Waals surface area contributed by atoms with Crippen molar-refractivity contribution in [3.8, 4) is 0 Å². The third kappa shape index (κ3) is 2.55. The van der Waals surface area contributed by atoms with Crippen molar-refractivity contribution in [2.45, 2.75) is 13.1 Å². The van der Waals surface area contributed by atoms with Crippen LogP contribution in [0.15, 0.2) is 34.3 Å². The van der Waals surface area contributed by atoms with Crippen molar-refractivity contribution in [2.75, 3.05) is 5.32 Å². The van der Waals surface area contributed by atoms with Crippen LogP contribution in [0.3, 0.4) is 0 Å². The maximum atomic E-state index is 5.77. The number of aryl methyl sites for hydroxylation is 1. The Hall–Kier alpha value is -2.97. The quantitative estimate of drug-likeness (QED) is 0.603. The lowest BCUT2D eigenvalue weighted by molar-refractivity contribution is 0.750. The molecule has 0 saturated carbocycles. The molecule has 0 amide bonds. The van der Waals surface area contributed by atoms with Crippen LogP contribution in [0, 0.1) is 6.92 Å². The molecule has 1 atom stereocenters. The molecule has 0 bridgehead atoms. The number of H-pyrrole nitrogens is 1. The monoisotopic (exact) mass is 271 g/mol. The Kier molecular flexibility index (Phi) is 2.99. The normalized spacial score (nSPS) is 17.9. The summed E-state index contributed by atoms with van der Waals surface area (Å²) in [4.78, 5) is 8.67. The lowest BCUT2D eigenvalue weighted by Gasteiger charge is -2.19. The summed E-state index contributed by atoms with van der Waals surface area (Å²) in [5.74, 6) is 0.995. The average molecular weight is 271 g/mol. The molecule has 0 saturated heterocycles. The Morgan fingerprint density at radius 1 is 1.20 bits per heavy atom. The number of aromatic amines is 1. The second-order valence-corrected chi connectivity index (χ2v) is 4.26. The molecule has 1 aliphatic rings. The molecule has 1 aliphatic heterocycles. The van der Waals surface area contributed by atoms with Gasteiger partial charge < -0.3 is 5.73 Å². The van der Waals surface area contributed by atoms with E-state index in [1.165, 1.54) is 5.56 Å². The molecule has 0 radical (unpaired) electrons. The van der Waals surface area contributed by atoms with Crippen molar-refractivity contribution in [1.29, 1.82) is 0 Å². The third-order valence-corrected chi connectivity index (χ3v) is 2.71. The summed E-state index contributed by atoms with van der Waals surface area (Å²) < 4.78 is 0. The van der Waals surface area contributed by atoms with Crippen molar-refractivity contribution in [2.24, 2.45) is 15.7 Å². The lowest BCUT2D eigenvalue weighted by atomic mass is 10.1. The zero-order valence-electron chi connectivity index (χ0n) is 10.7. The Morgan fingerprint density at radius 3 is 2.70 bits per heavy atom. The number of hydrogen-bond acceptors (Lipinski definition) is 8. The summed E-state index contributed by atoms with van der Waals surface area (Å²) in [5.41, 5.74) is 7.89. The maximum Gasteiger partial charge on any atom is 0.269 e. The van der Waals surface area contributed by atoms with E-state index in [2.05, 4.69) is 41.2 Å². The van der Waals surface area contributed by atoms with Crippen LogP contribution >= 0.6 is 0 Å². The predicted molar refractivity (Wildman–Crippen MR) is 73.9 cm³/mol. The van der Waals surface area contributed by atoms with Gasteiger partial charge in [-0.2, -0.15) is 5.21 Å². The molecule has 0 spiro atoms. The average Bonchev–Trinajstić information content (AvgIpc) is 2.91. The number of nitrogens with two attached hydrogens (primary N) is 1. The smallest absolute Gasteiger partial charge is 0.269 e. The Balaban J connectivity index is 1.84. The van der Waals surface area contributed by atoms with Crippen LogP contribution in [0.4, 0.5) is 5.95 Å². The predicted octanol–water partition coefficient (Wildman–Crippen LogP) is -0.107. The first-order valence-electron chi connectivity index (χ1n) is 5.96. The molecular weight excluding hydrogens is 258 g/mol. The van der Waals surface area contributed by atoms with Gasteiger partial charge in [-0.15, -0.1) is 5.10 Å². The highest BCUT2D eigenvalue weighted by molar-refractivity contribution is 6.05. The number of tetrazole rings is 1. The fraction of sp³-hybridized carbons (Fsp3) is 0.182. The van der Waals surface area contributed by atoms with Gasteiger partial charge in [-0.3, -0.25) is 10.6 Å². The van der Waals surface area contributed by atoms with E-state index in [0.717, 1.165) is 5.56 Å². The number of guanidine groups is 2. The summed E-state index contributed by atoms with van der Waals surface area (Å²) in [6.07, 6.45) is -0.397. The molecule has 9 heteroatoms. The molecule has 1 aromatic carbocycles. The second kappa shape index (κ2) is 4.96. The van der Waals surface area contributed by atoms with Gasteiger partial charge in [0.1, 0.15) is 0 Å². The number of anilines is 1. The fourth-order valence-corrected chi connectivity index (χ4v) is 1.74. The highest BCUT2D eigenvalue weighted by Crippen LogP contribution is 2.21. The summed E-state index contributed by atoms with van der Waals surface area (Å²) in [7, 11) is 0. The first-order valence-corrected chi connectivity index (χ1v) is 5.96. The minimum atomic E-state index is -0.397. The maximum absolute atomic E-state index is 5.77. The SMILES string of the molecule is Cc1ccc(C2N=C(N)NC(Nc3nn[nH]n3)=N2)cc1. The van der Waals surface area contributed by atoms with Crippen LogP contribution < -0.4 is 16.4 Å². The fourth-order valence-electron chi connectivity index (χ4n) is 1.74. The van der Waals surface area contributed by atoms with E-state index in [1.54, 1.807) is 0 Å². The summed E-state index contributed by atoms with van der Waals surface area (Å²) in [6, 6.07) is 7.95. The van der Waals surface area contributed by atoms with Gasteiger partial charge in [-0.25, -0.2) is 9.98 Å². The van der Waals surface area contributed by atoms with Gasteiger partial charge >= 0.3 is 0 Å². The first-order chi connectivity index (χ1) is 9.70. The summed E-state index contributed by atoms with van der Waals surface area (Å²) >= 11 is 0. The van der Waals surface area contributed by atoms with E-state index < -0.39 is 6.17 Å². The number of rotatable bonds is 2. The third-order valence-electron chi connectivity index (χ3n) is 2.71. The van der Waals surface area contributed by atoms with Crippen molar-refractivity contribution in [3.05, 3.63) is 35.4 Å². The molecule has 2 heterocycles. The summed E-state index contributed by atoms with van der Waals surface area (Å²) in [5, 5.41) is 19.0. The van der Waals surface area contributed by atoms with E-state index >= 15 is 0 Å². The standard InChI is InChI=1S/C11H13N9/c1-6-2-4-7(5-3-6)8-13-9(12)15-10(14-8)16-11-17-19-20-18-11/h2-5,8H,1H3,(H5,12,13,14,15,16,17,18,19,20). The minimum absolute atomic E-state index is 0.275. The molecule has 1 unspecified atom stereocenters.